The molecule has 0 radical (unpaired) electrons. The smallest absolute Gasteiger partial charge is 0.225 e. The van der Waals surface area contributed by atoms with Crippen LogP contribution in [0.2, 0.25) is 0 Å². The number of rotatable bonds is 7. The second kappa shape index (κ2) is 10.6. The summed E-state index contributed by atoms with van der Waals surface area (Å²) in [6, 6.07) is 15.7. The first kappa shape index (κ1) is 22.3. The highest BCUT2D eigenvalue weighted by Crippen LogP contribution is 2.31. The lowest BCUT2D eigenvalue weighted by atomic mass is 9.90. The maximum Gasteiger partial charge on any atom is 0.225 e. The lowest BCUT2D eigenvalue weighted by Crippen LogP contribution is -2.40. The summed E-state index contributed by atoms with van der Waals surface area (Å²) in [5.41, 5.74) is 3.84. The highest BCUT2D eigenvalue weighted by Gasteiger charge is 2.24. The van der Waals surface area contributed by atoms with Gasteiger partial charge in [0, 0.05) is 50.3 Å². The van der Waals surface area contributed by atoms with Gasteiger partial charge < -0.3 is 21.3 Å². The molecular weight excluding hydrogens is 390 g/mol. The lowest BCUT2D eigenvalue weighted by Gasteiger charge is -2.26. The van der Waals surface area contributed by atoms with Gasteiger partial charge in [0.15, 0.2) is 5.96 Å². The van der Waals surface area contributed by atoms with E-state index < -0.39 is 0 Å². The molecular formula is C24H31N5O2. The Morgan fingerprint density at radius 3 is 2.74 bits per heavy atom. The van der Waals surface area contributed by atoms with Crippen LogP contribution in [0.5, 0.6) is 0 Å². The number of nitrogens with zero attached hydrogens (tertiary/aromatic N) is 1. The van der Waals surface area contributed by atoms with Gasteiger partial charge in [-0.15, -0.1) is 0 Å². The quantitative estimate of drug-likeness (QED) is 0.407. The van der Waals surface area contributed by atoms with Crippen molar-refractivity contribution in [2.45, 2.75) is 39.2 Å². The summed E-state index contributed by atoms with van der Waals surface area (Å²) in [7, 11) is 1.72. The van der Waals surface area contributed by atoms with Crippen molar-refractivity contribution in [2.75, 3.05) is 24.2 Å². The highest BCUT2D eigenvalue weighted by atomic mass is 16.2. The van der Waals surface area contributed by atoms with Crippen LogP contribution in [0.4, 0.5) is 11.4 Å². The van der Waals surface area contributed by atoms with Gasteiger partial charge in [0.1, 0.15) is 0 Å². The molecule has 1 aliphatic rings. The number of aliphatic imine (C=N–C) groups is 1. The van der Waals surface area contributed by atoms with E-state index in [0.29, 0.717) is 37.8 Å². The summed E-state index contributed by atoms with van der Waals surface area (Å²) in [5, 5.41) is 12.5. The number of guanidine groups is 1. The third kappa shape index (κ3) is 6.57. The second-order valence-corrected chi connectivity index (χ2v) is 8.19. The van der Waals surface area contributed by atoms with Gasteiger partial charge in [0.05, 0.1) is 0 Å². The van der Waals surface area contributed by atoms with Gasteiger partial charge in [0.2, 0.25) is 11.8 Å². The SMILES string of the molecule is CN=C(NCc1cccc(NC(=O)CC(C)C)c1)NCC1CC(=O)Nc2ccccc21. The van der Waals surface area contributed by atoms with Gasteiger partial charge in [-0.1, -0.05) is 44.2 Å². The number of para-hydroxylation sites is 1. The molecule has 0 fully saturated rings. The zero-order valence-electron chi connectivity index (χ0n) is 18.4. The Hall–Kier alpha value is -3.35. The summed E-state index contributed by atoms with van der Waals surface area (Å²) in [5.74, 6) is 1.13. The first-order valence-corrected chi connectivity index (χ1v) is 10.7. The number of anilines is 2. The first-order chi connectivity index (χ1) is 14.9. The van der Waals surface area contributed by atoms with E-state index in [-0.39, 0.29) is 17.7 Å². The predicted octanol–water partition coefficient (Wildman–Crippen LogP) is 3.46. The number of nitrogens with one attached hydrogen (secondary N) is 4. The zero-order valence-corrected chi connectivity index (χ0v) is 18.4. The Balaban J connectivity index is 1.54. The number of fused-ring (bicyclic) bond motifs is 1. The Kier molecular flexibility index (Phi) is 7.65. The van der Waals surface area contributed by atoms with E-state index in [9.17, 15) is 9.59 Å². The largest absolute Gasteiger partial charge is 0.356 e. The van der Waals surface area contributed by atoms with Crippen LogP contribution < -0.4 is 21.3 Å². The molecule has 1 heterocycles. The Morgan fingerprint density at radius 1 is 1.16 bits per heavy atom. The van der Waals surface area contributed by atoms with Crippen molar-refractivity contribution >= 4 is 29.1 Å². The summed E-state index contributed by atoms with van der Waals surface area (Å²) in [4.78, 5) is 28.3. The number of carbonyl (C=O) groups is 2. The third-order valence-corrected chi connectivity index (χ3v) is 5.11. The monoisotopic (exact) mass is 421 g/mol. The molecule has 0 spiro atoms. The molecule has 0 saturated carbocycles. The topological polar surface area (TPSA) is 94.6 Å². The first-order valence-electron chi connectivity index (χ1n) is 10.7. The van der Waals surface area contributed by atoms with Gasteiger partial charge >= 0.3 is 0 Å². The maximum atomic E-state index is 12.0. The molecule has 1 aliphatic heterocycles. The van der Waals surface area contributed by atoms with Crippen LogP contribution in [0, 0.1) is 5.92 Å². The zero-order chi connectivity index (χ0) is 22.2. The molecule has 2 aromatic rings. The molecule has 164 valence electrons. The Morgan fingerprint density at radius 2 is 1.97 bits per heavy atom. The third-order valence-electron chi connectivity index (χ3n) is 5.11. The standard InChI is InChI=1S/C24H31N5O2/c1-16(2)11-22(30)28-19-8-6-7-17(12-19)14-26-24(25-3)27-15-18-13-23(31)29-21-10-5-4-9-20(18)21/h4-10,12,16,18H,11,13-15H2,1-3H3,(H,28,30)(H,29,31)(H2,25,26,27). The van der Waals surface area contributed by atoms with Gasteiger partial charge in [-0.25, -0.2) is 0 Å². The molecule has 0 aliphatic carbocycles. The predicted molar refractivity (Wildman–Crippen MR) is 125 cm³/mol. The molecule has 2 aromatic carbocycles. The van der Waals surface area contributed by atoms with Gasteiger partial charge in [0.25, 0.3) is 0 Å². The minimum absolute atomic E-state index is 0.0226. The lowest BCUT2D eigenvalue weighted by molar-refractivity contribution is -0.117. The van der Waals surface area contributed by atoms with Crippen molar-refractivity contribution in [1.82, 2.24) is 10.6 Å². The number of hydrogen-bond donors (Lipinski definition) is 4. The normalized spacial score (nSPS) is 15.8. The summed E-state index contributed by atoms with van der Waals surface area (Å²) in [6.07, 6.45) is 0.945. The van der Waals surface area contributed by atoms with Crippen molar-refractivity contribution in [1.29, 1.82) is 0 Å². The van der Waals surface area contributed by atoms with Gasteiger partial charge in [-0.2, -0.15) is 0 Å². The molecule has 0 saturated heterocycles. The Bertz CT molecular complexity index is 954. The van der Waals surface area contributed by atoms with Crippen LogP contribution in [0.3, 0.4) is 0 Å². The summed E-state index contributed by atoms with van der Waals surface area (Å²) in [6.45, 7) is 5.22. The average molecular weight is 422 g/mol. The van der Waals surface area contributed by atoms with Crippen molar-refractivity contribution in [3.05, 3.63) is 59.7 Å². The molecule has 4 N–H and O–H groups in total. The highest BCUT2D eigenvalue weighted by molar-refractivity contribution is 5.95. The number of amides is 2. The summed E-state index contributed by atoms with van der Waals surface area (Å²) >= 11 is 0. The van der Waals surface area contributed by atoms with Crippen molar-refractivity contribution in [3.63, 3.8) is 0 Å². The fourth-order valence-electron chi connectivity index (χ4n) is 3.65. The van der Waals surface area contributed by atoms with E-state index in [4.69, 9.17) is 0 Å². The molecule has 0 aromatic heterocycles. The maximum absolute atomic E-state index is 12.0. The minimum atomic E-state index is 0.0226. The van der Waals surface area contributed by atoms with Crippen LogP contribution in [-0.2, 0) is 16.1 Å². The van der Waals surface area contributed by atoms with E-state index in [1.807, 2.05) is 56.3 Å². The van der Waals surface area contributed by atoms with Crippen molar-refractivity contribution < 1.29 is 9.59 Å². The van der Waals surface area contributed by atoms with Crippen LogP contribution >= 0.6 is 0 Å². The van der Waals surface area contributed by atoms with E-state index >= 15 is 0 Å². The molecule has 31 heavy (non-hydrogen) atoms. The van der Waals surface area contributed by atoms with Crippen LogP contribution in [0.25, 0.3) is 0 Å². The van der Waals surface area contributed by atoms with Gasteiger partial charge in [-0.3, -0.25) is 14.6 Å². The summed E-state index contributed by atoms with van der Waals surface area (Å²) < 4.78 is 0. The van der Waals surface area contributed by atoms with Crippen LogP contribution in [-0.4, -0.2) is 31.4 Å². The average Bonchev–Trinajstić information content (AvgIpc) is 2.73. The number of hydrogen-bond acceptors (Lipinski definition) is 3. The number of carbonyl (C=O) groups excluding carboxylic acids is 2. The van der Waals surface area contributed by atoms with E-state index in [2.05, 4.69) is 32.3 Å². The van der Waals surface area contributed by atoms with E-state index in [1.54, 1.807) is 7.05 Å². The molecule has 1 atom stereocenters. The van der Waals surface area contributed by atoms with Gasteiger partial charge in [-0.05, 0) is 35.2 Å². The fraction of sp³-hybridized carbons (Fsp3) is 0.375. The van der Waals surface area contributed by atoms with Crippen molar-refractivity contribution in [3.8, 4) is 0 Å². The van der Waals surface area contributed by atoms with E-state index in [1.165, 1.54) is 0 Å². The molecule has 3 rings (SSSR count). The molecule has 1 unspecified atom stereocenters. The minimum Gasteiger partial charge on any atom is -0.356 e. The molecule has 7 heteroatoms. The molecule has 7 nitrogen and oxygen atoms in total. The van der Waals surface area contributed by atoms with Crippen molar-refractivity contribution in [2.24, 2.45) is 10.9 Å². The fourth-order valence-corrected chi connectivity index (χ4v) is 3.65. The van der Waals surface area contributed by atoms with E-state index in [0.717, 1.165) is 22.5 Å². The Labute approximate surface area is 183 Å². The second-order valence-electron chi connectivity index (χ2n) is 8.19. The van der Waals surface area contributed by atoms with Crippen LogP contribution in [0.1, 0.15) is 43.7 Å². The van der Waals surface area contributed by atoms with Crippen LogP contribution in [0.15, 0.2) is 53.5 Å². The number of benzene rings is 2. The molecule has 2 amide bonds. The molecule has 0 bridgehead atoms.